The van der Waals surface area contributed by atoms with Gasteiger partial charge in [-0.2, -0.15) is 0 Å². The number of rotatable bonds is 18. The topological polar surface area (TPSA) is 52.6 Å². The minimum atomic E-state index is -1.30. The van der Waals surface area contributed by atoms with Gasteiger partial charge in [-0.1, -0.05) is 71.1 Å². The Hall–Kier alpha value is -2.05. The summed E-state index contributed by atoms with van der Waals surface area (Å²) in [5, 5.41) is 0. The molecule has 0 N–H and O–H groups in total. The molecule has 4 nitrogen and oxygen atoms in total. The molecule has 0 bridgehead atoms. The van der Waals surface area contributed by atoms with Crippen molar-refractivity contribution in [3.63, 3.8) is 0 Å². The molecule has 0 heterocycles. The van der Waals surface area contributed by atoms with Crippen LogP contribution in [0.5, 0.6) is 0 Å². The van der Waals surface area contributed by atoms with Gasteiger partial charge in [0, 0.05) is 24.5 Å². The summed E-state index contributed by atoms with van der Waals surface area (Å²) in [6, 6.07) is 1.06. The van der Waals surface area contributed by atoms with Gasteiger partial charge < -0.3 is 9.47 Å². The van der Waals surface area contributed by atoms with Gasteiger partial charge >= 0.3 is 11.9 Å². The molecule has 1 aromatic rings. The Morgan fingerprint density at radius 3 is 1.75 bits per heavy atom. The smallest absolute Gasteiger partial charge is 0.306 e. The van der Waals surface area contributed by atoms with E-state index in [0.717, 1.165) is 19.3 Å². The lowest BCUT2D eigenvalue weighted by Crippen LogP contribution is -2.09. The quantitative estimate of drug-likeness (QED) is 0.133. The molecular formula is C25H37F3O4. The lowest BCUT2D eigenvalue weighted by Gasteiger charge is -2.07. The summed E-state index contributed by atoms with van der Waals surface area (Å²) in [7, 11) is 0. The van der Waals surface area contributed by atoms with E-state index in [1.54, 1.807) is 0 Å². The first-order chi connectivity index (χ1) is 15.4. The highest BCUT2D eigenvalue weighted by Gasteiger charge is 2.12. The molecule has 0 aliphatic carbocycles. The molecule has 7 heteroatoms. The van der Waals surface area contributed by atoms with E-state index >= 15 is 0 Å². The molecule has 0 fully saturated rings. The second kappa shape index (κ2) is 17.5. The SMILES string of the molecule is CCCCCCCCCCCCCOC(=O)CCCC(=O)OCc1cc(F)c(F)cc1F. The number of unbranched alkanes of at least 4 members (excludes halogenated alkanes) is 10. The monoisotopic (exact) mass is 458 g/mol. The predicted octanol–water partition coefficient (Wildman–Crippen LogP) is 7.17. The van der Waals surface area contributed by atoms with Crippen LogP contribution in [0.1, 0.15) is 102 Å². The van der Waals surface area contributed by atoms with Gasteiger partial charge in [0.1, 0.15) is 12.4 Å². The maximum Gasteiger partial charge on any atom is 0.306 e. The fraction of sp³-hybridized carbons (Fsp3) is 0.680. The van der Waals surface area contributed by atoms with Gasteiger partial charge in [0.05, 0.1) is 6.61 Å². The van der Waals surface area contributed by atoms with E-state index in [1.807, 2.05) is 0 Å². The number of benzene rings is 1. The maximum atomic E-state index is 13.5. The van der Waals surface area contributed by atoms with E-state index in [1.165, 1.54) is 51.4 Å². The zero-order chi connectivity index (χ0) is 23.6. The maximum absolute atomic E-state index is 13.5. The summed E-state index contributed by atoms with van der Waals surface area (Å²) < 4.78 is 49.5. The van der Waals surface area contributed by atoms with Crippen molar-refractivity contribution < 1.29 is 32.2 Å². The van der Waals surface area contributed by atoms with Crippen molar-refractivity contribution in [3.8, 4) is 0 Å². The lowest BCUT2D eigenvalue weighted by atomic mass is 10.1. The van der Waals surface area contributed by atoms with E-state index in [0.29, 0.717) is 18.7 Å². The molecule has 32 heavy (non-hydrogen) atoms. The van der Waals surface area contributed by atoms with Crippen LogP contribution in [0.3, 0.4) is 0 Å². The molecule has 0 amide bonds. The molecule has 0 saturated heterocycles. The van der Waals surface area contributed by atoms with Gasteiger partial charge in [0.2, 0.25) is 0 Å². The molecule has 182 valence electrons. The Morgan fingerprint density at radius 2 is 1.16 bits per heavy atom. The average molecular weight is 459 g/mol. The number of carbonyl (C=O) groups excluding carboxylic acids is 2. The molecule has 0 radical (unpaired) electrons. The molecule has 0 unspecified atom stereocenters. The first kappa shape index (κ1) is 28.0. The molecule has 0 atom stereocenters. The molecule has 0 spiro atoms. The van der Waals surface area contributed by atoms with E-state index in [9.17, 15) is 22.8 Å². The number of hydrogen-bond acceptors (Lipinski definition) is 4. The van der Waals surface area contributed by atoms with Crippen molar-refractivity contribution in [2.75, 3.05) is 6.61 Å². The van der Waals surface area contributed by atoms with Crippen LogP contribution in [-0.4, -0.2) is 18.5 Å². The zero-order valence-electron chi connectivity index (χ0n) is 19.2. The largest absolute Gasteiger partial charge is 0.466 e. The molecular weight excluding hydrogens is 421 g/mol. The Labute approximate surface area is 189 Å². The molecule has 1 aromatic carbocycles. The number of hydrogen-bond donors (Lipinski definition) is 0. The van der Waals surface area contributed by atoms with Crippen LogP contribution in [0.2, 0.25) is 0 Å². The van der Waals surface area contributed by atoms with Gasteiger partial charge in [-0.25, -0.2) is 13.2 Å². The van der Waals surface area contributed by atoms with Crippen LogP contribution in [0.4, 0.5) is 13.2 Å². The highest BCUT2D eigenvalue weighted by Crippen LogP contribution is 2.15. The Morgan fingerprint density at radius 1 is 0.656 bits per heavy atom. The fourth-order valence-electron chi connectivity index (χ4n) is 3.31. The fourth-order valence-corrected chi connectivity index (χ4v) is 3.31. The van der Waals surface area contributed by atoms with Crippen molar-refractivity contribution >= 4 is 11.9 Å². The van der Waals surface area contributed by atoms with Crippen molar-refractivity contribution in [3.05, 3.63) is 35.1 Å². The van der Waals surface area contributed by atoms with Crippen LogP contribution in [0.15, 0.2) is 12.1 Å². The van der Waals surface area contributed by atoms with Gasteiger partial charge in [0.25, 0.3) is 0 Å². The number of ether oxygens (including phenoxy) is 2. The van der Waals surface area contributed by atoms with Crippen molar-refractivity contribution in [2.45, 2.75) is 103 Å². The molecule has 0 aromatic heterocycles. The van der Waals surface area contributed by atoms with Gasteiger partial charge in [-0.15, -0.1) is 0 Å². The highest BCUT2D eigenvalue weighted by atomic mass is 19.2. The lowest BCUT2D eigenvalue weighted by molar-refractivity contribution is -0.146. The van der Waals surface area contributed by atoms with E-state index in [-0.39, 0.29) is 30.8 Å². The molecule has 1 rings (SSSR count). The van der Waals surface area contributed by atoms with Crippen LogP contribution < -0.4 is 0 Å². The van der Waals surface area contributed by atoms with Gasteiger partial charge in [-0.3, -0.25) is 9.59 Å². The highest BCUT2D eigenvalue weighted by molar-refractivity contribution is 5.72. The van der Waals surface area contributed by atoms with Crippen molar-refractivity contribution in [1.29, 1.82) is 0 Å². The summed E-state index contributed by atoms with van der Waals surface area (Å²) in [6.07, 6.45) is 13.7. The number of esters is 2. The second-order valence-electron chi connectivity index (χ2n) is 8.13. The third-order valence-electron chi connectivity index (χ3n) is 5.25. The van der Waals surface area contributed by atoms with Crippen LogP contribution >= 0.6 is 0 Å². The van der Waals surface area contributed by atoms with E-state index in [2.05, 4.69) is 6.92 Å². The summed E-state index contributed by atoms with van der Waals surface area (Å²) in [5.74, 6) is -4.51. The Bertz CT molecular complexity index is 679. The third kappa shape index (κ3) is 13.4. The molecule has 0 saturated carbocycles. The molecule has 0 aliphatic rings. The Balaban J connectivity index is 1.97. The third-order valence-corrected chi connectivity index (χ3v) is 5.25. The van der Waals surface area contributed by atoms with Gasteiger partial charge in [0.15, 0.2) is 11.6 Å². The molecule has 0 aliphatic heterocycles. The van der Waals surface area contributed by atoms with Crippen molar-refractivity contribution in [2.24, 2.45) is 0 Å². The standard InChI is InChI=1S/C25H37F3O4/c1-2-3-4-5-6-7-8-9-10-11-12-16-31-24(29)14-13-15-25(30)32-19-20-17-22(27)23(28)18-21(20)26/h17-18H,2-16,19H2,1H3. The van der Waals surface area contributed by atoms with Crippen molar-refractivity contribution in [1.82, 2.24) is 0 Å². The first-order valence-corrected chi connectivity index (χ1v) is 11.9. The first-order valence-electron chi connectivity index (χ1n) is 11.9. The summed E-state index contributed by atoms with van der Waals surface area (Å²) >= 11 is 0. The van der Waals surface area contributed by atoms with Gasteiger partial charge in [-0.05, 0) is 18.9 Å². The van der Waals surface area contributed by atoms with Crippen LogP contribution in [0, 0.1) is 17.5 Å². The Kier molecular flexibility index (Phi) is 15.3. The number of carbonyl (C=O) groups is 2. The van der Waals surface area contributed by atoms with E-state index < -0.39 is 30.0 Å². The zero-order valence-corrected chi connectivity index (χ0v) is 19.2. The summed E-state index contributed by atoms with van der Waals surface area (Å²) in [6.45, 7) is 2.11. The summed E-state index contributed by atoms with van der Waals surface area (Å²) in [4.78, 5) is 23.4. The predicted molar refractivity (Wildman–Crippen MR) is 117 cm³/mol. The van der Waals surface area contributed by atoms with E-state index in [4.69, 9.17) is 9.47 Å². The number of halogens is 3. The normalized spacial score (nSPS) is 10.9. The van der Waals surface area contributed by atoms with Crippen LogP contribution in [0.25, 0.3) is 0 Å². The minimum absolute atomic E-state index is 0.0428. The minimum Gasteiger partial charge on any atom is -0.466 e. The summed E-state index contributed by atoms with van der Waals surface area (Å²) in [5.41, 5.74) is -0.247. The second-order valence-corrected chi connectivity index (χ2v) is 8.13. The average Bonchev–Trinajstić information content (AvgIpc) is 2.76. The van der Waals surface area contributed by atoms with Crippen LogP contribution in [-0.2, 0) is 25.7 Å².